The van der Waals surface area contributed by atoms with Crippen LogP contribution in [0.4, 0.5) is 0 Å². The summed E-state index contributed by atoms with van der Waals surface area (Å²) in [5.41, 5.74) is -1.92. The highest BCUT2D eigenvalue weighted by molar-refractivity contribution is 6.03. The summed E-state index contributed by atoms with van der Waals surface area (Å²) in [4.78, 5) is 11.3. The van der Waals surface area contributed by atoms with E-state index in [1.165, 1.54) is 14.2 Å². The average Bonchev–Trinajstić information content (AvgIpc) is 2.21. The Balaban J connectivity index is 3.17. The van der Waals surface area contributed by atoms with E-state index in [0.717, 1.165) is 12.2 Å². The molecule has 0 bridgehead atoms. The Bertz CT molecular complexity index is 359. The number of carbonyl (C=O) groups is 1. The van der Waals surface area contributed by atoms with Gasteiger partial charge < -0.3 is 14.6 Å². The van der Waals surface area contributed by atoms with Gasteiger partial charge in [-0.25, -0.2) is 0 Å². The zero-order chi connectivity index (χ0) is 10.8. The van der Waals surface area contributed by atoms with Crippen molar-refractivity contribution in [2.75, 3.05) is 14.2 Å². The molecular weight excluding hydrogens is 184 g/mol. The van der Waals surface area contributed by atoms with Crippen molar-refractivity contribution in [2.24, 2.45) is 0 Å². The van der Waals surface area contributed by atoms with Crippen LogP contribution in [-0.4, -0.2) is 30.7 Å². The van der Waals surface area contributed by atoms with Crippen molar-refractivity contribution in [2.45, 2.75) is 5.60 Å². The summed E-state index contributed by atoms with van der Waals surface area (Å²) in [5, 5.41) is 9.62. The molecule has 0 radical (unpaired) electrons. The number of ether oxygens (including phenoxy) is 2. The van der Waals surface area contributed by atoms with Crippen LogP contribution in [0.5, 0.6) is 0 Å². The minimum absolute atomic E-state index is 0.243. The van der Waals surface area contributed by atoms with Crippen molar-refractivity contribution in [3.05, 3.63) is 23.7 Å². The summed E-state index contributed by atoms with van der Waals surface area (Å²) in [6.07, 6.45) is 7.30. The lowest BCUT2D eigenvalue weighted by Gasteiger charge is -2.22. The minimum Gasteiger partial charge on any atom is -0.493 e. The maximum atomic E-state index is 11.3. The number of terminal acetylenes is 1. The Morgan fingerprint density at radius 2 is 2.00 bits per heavy atom. The third-order valence-electron chi connectivity index (χ3n) is 1.88. The van der Waals surface area contributed by atoms with Crippen LogP contribution in [-0.2, 0) is 14.3 Å². The van der Waals surface area contributed by atoms with Crippen molar-refractivity contribution < 1.29 is 19.4 Å². The molecule has 1 aliphatic carbocycles. The summed E-state index contributed by atoms with van der Waals surface area (Å²) in [7, 11) is 2.79. The van der Waals surface area contributed by atoms with Gasteiger partial charge in [0.2, 0.25) is 11.4 Å². The highest BCUT2D eigenvalue weighted by Crippen LogP contribution is 2.24. The van der Waals surface area contributed by atoms with Gasteiger partial charge in [-0.15, -0.1) is 6.42 Å². The molecule has 0 heterocycles. The maximum absolute atomic E-state index is 11.3. The van der Waals surface area contributed by atoms with Crippen molar-refractivity contribution in [1.29, 1.82) is 0 Å². The summed E-state index contributed by atoms with van der Waals surface area (Å²) in [5.74, 6) is 1.87. The van der Waals surface area contributed by atoms with Crippen molar-refractivity contribution in [1.82, 2.24) is 0 Å². The van der Waals surface area contributed by atoms with Gasteiger partial charge in [0, 0.05) is 12.2 Å². The molecule has 0 fully saturated rings. The van der Waals surface area contributed by atoms with Crippen LogP contribution in [0, 0.1) is 12.3 Å². The molecule has 1 unspecified atom stereocenters. The molecule has 4 nitrogen and oxygen atoms in total. The molecule has 14 heavy (non-hydrogen) atoms. The lowest BCUT2D eigenvalue weighted by atomic mass is 9.93. The number of aliphatic hydroxyl groups is 1. The molecule has 0 aromatic rings. The van der Waals surface area contributed by atoms with Crippen LogP contribution >= 0.6 is 0 Å². The molecule has 0 aromatic carbocycles. The standard InChI is InChI=1S/C10H10O4/c1-4-10(12)6-8(14-3)7(13-2)5-9(10)11/h1,5-6,12H,2-3H3. The second-order valence-corrected chi connectivity index (χ2v) is 2.70. The lowest BCUT2D eigenvalue weighted by Crippen LogP contribution is -2.36. The Morgan fingerprint density at radius 3 is 2.43 bits per heavy atom. The average molecular weight is 194 g/mol. The van der Waals surface area contributed by atoms with Crippen molar-refractivity contribution in [3.8, 4) is 12.3 Å². The van der Waals surface area contributed by atoms with E-state index >= 15 is 0 Å². The predicted molar refractivity (Wildman–Crippen MR) is 49.0 cm³/mol. The number of hydrogen-bond donors (Lipinski definition) is 1. The van der Waals surface area contributed by atoms with Gasteiger partial charge in [-0.2, -0.15) is 0 Å². The van der Waals surface area contributed by atoms with Crippen LogP contribution in [0.3, 0.4) is 0 Å². The first-order valence-electron chi connectivity index (χ1n) is 3.85. The molecule has 0 aromatic heterocycles. The summed E-state index contributed by atoms with van der Waals surface area (Å²) in [6.45, 7) is 0. The fourth-order valence-corrected chi connectivity index (χ4v) is 1.06. The zero-order valence-corrected chi connectivity index (χ0v) is 7.90. The Hall–Kier alpha value is -1.73. The molecule has 0 aliphatic heterocycles. The monoisotopic (exact) mass is 194 g/mol. The van der Waals surface area contributed by atoms with Gasteiger partial charge in [0.25, 0.3) is 0 Å². The van der Waals surface area contributed by atoms with E-state index in [-0.39, 0.29) is 11.5 Å². The molecule has 0 saturated heterocycles. The van der Waals surface area contributed by atoms with Gasteiger partial charge in [-0.05, 0) is 0 Å². The number of ketones is 1. The molecule has 1 rings (SSSR count). The van der Waals surface area contributed by atoms with Gasteiger partial charge >= 0.3 is 0 Å². The minimum atomic E-state index is -1.92. The predicted octanol–water partition coefficient (Wildman–Crippen LogP) is -0.00600. The van der Waals surface area contributed by atoms with E-state index in [1.54, 1.807) is 0 Å². The summed E-state index contributed by atoms with van der Waals surface area (Å²) < 4.78 is 9.77. The molecule has 4 heteroatoms. The Labute approximate surface area is 81.8 Å². The Kier molecular flexibility index (Phi) is 2.63. The van der Waals surface area contributed by atoms with Crippen LogP contribution < -0.4 is 0 Å². The third kappa shape index (κ3) is 1.50. The normalized spacial score (nSPS) is 26.0. The lowest BCUT2D eigenvalue weighted by molar-refractivity contribution is -0.124. The van der Waals surface area contributed by atoms with Crippen LogP contribution in [0.25, 0.3) is 0 Å². The fraction of sp³-hybridized carbons (Fsp3) is 0.300. The molecule has 1 aliphatic rings. The van der Waals surface area contributed by atoms with Gasteiger partial charge in [-0.1, -0.05) is 5.92 Å². The van der Waals surface area contributed by atoms with Crippen molar-refractivity contribution in [3.63, 3.8) is 0 Å². The number of hydrogen-bond acceptors (Lipinski definition) is 4. The van der Waals surface area contributed by atoms with Crippen LogP contribution in [0.15, 0.2) is 23.7 Å². The van der Waals surface area contributed by atoms with Gasteiger partial charge in [0.05, 0.1) is 14.2 Å². The topological polar surface area (TPSA) is 55.8 Å². The van der Waals surface area contributed by atoms with E-state index in [1.807, 2.05) is 5.92 Å². The first-order chi connectivity index (χ1) is 6.57. The van der Waals surface area contributed by atoms with Gasteiger partial charge in [0.1, 0.15) is 0 Å². The first kappa shape index (κ1) is 10.4. The van der Waals surface area contributed by atoms with E-state index < -0.39 is 11.4 Å². The molecule has 1 N–H and O–H groups in total. The van der Waals surface area contributed by atoms with Crippen LogP contribution in [0.1, 0.15) is 0 Å². The van der Waals surface area contributed by atoms with Crippen LogP contribution in [0.2, 0.25) is 0 Å². The molecule has 0 saturated carbocycles. The Morgan fingerprint density at radius 1 is 1.43 bits per heavy atom. The van der Waals surface area contributed by atoms with Crippen molar-refractivity contribution >= 4 is 5.78 Å². The van der Waals surface area contributed by atoms with E-state index in [2.05, 4.69) is 0 Å². The third-order valence-corrected chi connectivity index (χ3v) is 1.88. The smallest absolute Gasteiger partial charge is 0.211 e. The van der Waals surface area contributed by atoms with E-state index in [0.29, 0.717) is 0 Å². The van der Waals surface area contributed by atoms with Gasteiger partial charge in [0.15, 0.2) is 11.5 Å². The first-order valence-corrected chi connectivity index (χ1v) is 3.85. The molecule has 74 valence electrons. The largest absolute Gasteiger partial charge is 0.493 e. The second kappa shape index (κ2) is 3.56. The maximum Gasteiger partial charge on any atom is 0.211 e. The number of rotatable bonds is 2. The quantitative estimate of drug-likeness (QED) is 0.628. The summed E-state index contributed by atoms with van der Waals surface area (Å²) in [6, 6.07) is 0. The molecular formula is C10H10O4. The van der Waals surface area contributed by atoms with E-state index in [9.17, 15) is 9.90 Å². The summed E-state index contributed by atoms with van der Waals surface area (Å²) >= 11 is 0. The number of methoxy groups -OCH3 is 2. The van der Waals surface area contributed by atoms with E-state index in [4.69, 9.17) is 15.9 Å². The highest BCUT2D eigenvalue weighted by Gasteiger charge is 2.35. The fourth-order valence-electron chi connectivity index (χ4n) is 1.06. The number of carbonyl (C=O) groups excluding carboxylic acids is 1. The SMILES string of the molecule is C#CC1(O)C=C(OC)C(OC)=CC1=O. The highest BCUT2D eigenvalue weighted by atomic mass is 16.5. The molecule has 1 atom stereocenters. The molecule has 0 amide bonds. The zero-order valence-electron chi connectivity index (χ0n) is 7.90. The molecule has 0 spiro atoms. The second-order valence-electron chi connectivity index (χ2n) is 2.70. The van der Waals surface area contributed by atoms with Gasteiger partial charge in [-0.3, -0.25) is 4.79 Å².